The summed E-state index contributed by atoms with van der Waals surface area (Å²) < 4.78 is 17.6. The molecule has 0 aliphatic carbocycles. The molecular formula is C31H46N4O5. The van der Waals surface area contributed by atoms with E-state index in [1.54, 1.807) is 40.1 Å². The highest BCUT2D eigenvalue weighted by Crippen LogP contribution is 2.28. The first kappa shape index (κ1) is 32.5. The van der Waals surface area contributed by atoms with Crippen molar-refractivity contribution in [1.82, 2.24) is 9.80 Å². The molecule has 0 saturated carbocycles. The van der Waals surface area contributed by atoms with Crippen LogP contribution in [0.3, 0.4) is 0 Å². The van der Waals surface area contributed by atoms with Crippen molar-refractivity contribution in [2.24, 2.45) is 5.73 Å². The zero-order valence-corrected chi connectivity index (χ0v) is 24.9. The average molecular weight is 555 g/mol. The van der Waals surface area contributed by atoms with Crippen LogP contribution in [0.1, 0.15) is 76.7 Å². The molecule has 0 aliphatic heterocycles. The molecule has 2 amide bonds. The summed E-state index contributed by atoms with van der Waals surface area (Å²) >= 11 is 0. The molecule has 40 heavy (non-hydrogen) atoms. The summed E-state index contributed by atoms with van der Waals surface area (Å²) in [5.41, 5.74) is 6.56. The minimum absolute atomic E-state index is 0.0115. The predicted molar refractivity (Wildman–Crippen MR) is 159 cm³/mol. The number of hydrogen-bond donors (Lipinski definition) is 2. The van der Waals surface area contributed by atoms with Crippen LogP contribution in [0.5, 0.6) is 17.2 Å². The predicted octanol–water partition coefficient (Wildman–Crippen LogP) is 5.10. The summed E-state index contributed by atoms with van der Waals surface area (Å²) in [6.45, 7) is 13.9. The van der Waals surface area contributed by atoms with Gasteiger partial charge in [-0.3, -0.25) is 15.0 Å². The number of carbonyl (C=O) groups is 2. The van der Waals surface area contributed by atoms with E-state index in [9.17, 15) is 9.59 Å². The lowest BCUT2D eigenvalue weighted by atomic mass is 10.1. The molecule has 2 aromatic carbocycles. The van der Waals surface area contributed by atoms with Crippen molar-refractivity contribution in [2.75, 3.05) is 32.9 Å². The maximum absolute atomic E-state index is 13.4. The van der Waals surface area contributed by atoms with E-state index in [-0.39, 0.29) is 36.3 Å². The molecule has 0 aromatic heterocycles. The molecule has 220 valence electrons. The Morgan fingerprint density at radius 3 is 1.90 bits per heavy atom. The van der Waals surface area contributed by atoms with E-state index in [1.165, 1.54) is 0 Å². The number of carbonyl (C=O) groups excluding carboxylic acids is 2. The normalized spacial score (nSPS) is 10.9. The zero-order chi connectivity index (χ0) is 29.7. The first-order chi connectivity index (χ1) is 19.1. The van der Waals surface area contributed by atoms with E-state index in [0.29, 0.717) is 48.9 Å². The van der Waals surface area contributed by atoms with Crippen LogP contribution >= 0.6 is 0 Å². The molecule has 0 saturated heterocycles. The maximum atomic E-state index is 13.4. The quantitative estimate of drug-likeness (QED) is 0.159. The molecule has 0 atom stereocenters. The molecule has 0 heterocycles. The molecular weight excluding hydrogens is 508 g/mol. The number of benzene rings is 2. The van der Waals surface area contributed by atoms with Gasteiger partial charge in [-0.15, -0.1) is 0 Å². The van der Waals surface area contributed by atoms with Crippen molar-refractivity contribution in [2.45, 2.75) is 72.9 Å². The van der Waals surface area contributed by atoms with E-state index in [0.717, 1.165) is 25.0 Å². The van der Waals surface area contributed by atoms with Gasteiger partial charge in [-0.2, -0.15) is 0 Å². The maximum Gasteiger partial charge on any atom is 0.260 e. The van der Waals surface area contributed by atoms with E-state index in [2.05, 4.69) is 0 Å². The number of likely N-dealkylation sites (N-methyl/N-ethyl adjacent to an activating group) is 1. The molecule has 0 bridgehead atoms. The van der Waals surface area contributed by atoms with Gasteiger partial charge in [0.25, 0.3) is 11.8 Å². The molecule has 3 N–H and O–H groups in total. The van der Waals surface area contributed by atoms with Crippen molar-refractivity contribution < 1.29 is 23.8 Å². The highest BCUT2D eigenvalue weighted by molar-refractivity contribution is 5.97. The number of nitrogens with one attached hydrogen (secondary N) is 1. The van der Waals surface area contributed by atoms with Gasteiger partial charge in [0.2, 0.25) is 0 Å². The number of nitrogen functional groups attached to an aromatic ring is 1. The van der Waals surface area contributed by atoms with Crippen LogP contribution < -0.4 is 19.9 Å². The van der Waals surface area contributed by atoms with E-state index < -0.39 is 0 Å². The van der Waals surface area contributed by atoms with Crippen LogP contribution in [0.4, 0.5) is 0 Å². The van der Waals surface area contributed by atoms with E-state index in [1.807, 2.05) is 53.7 Å². The summed E-state index contributed by atoms with van der Waals surface area (Å²) in [5.74, 6) is 1.45. The third-order valence-corrected chi connectivity index (χ3v) is 6.49. The van der Waals surface area contributed by atoms with Gasteiger partial charge in [0, 0.05) is 36.8 Å². The molecule has 9 nitrogen and oxygen atoms in total. The standard InChI is InChI=1S/C31H46N4O5/c1-7-34(8-2)29(36)21-40-28-20-26(16-17-27(28)31(37)35(22(3)4)23(5)6)39-19-11-9-10-18-38-25-14-12-24(13-15-25)30(32)33/h12-17,20,22-23H,7-11,18-19,21H2,1-6H3,(H3,32,33). The minimum Gasteiger partial charge on any atom is -0.494 e. The lowest BCUT2D eigenvalue weighted by Gasteiger charge is -2.31. The fraction of sp³-hybridized carbons (Fsp3) is 0.516. The van der Waals surface area contributed by atoms with Gasteiger partial charge < -0.3 is 29.7 Å². The highest BCUT2D eigenvalue weighted by atomic mass is 16.5. The topological polar surface area (TPSA) is 118 Å². The van der Waals surface area contributed by atoms with Crippen molar-refractivity contribution in [3.05, 3.63) is 53.6 Å². The number of amides is 2. The van der Waals surface area contributed by atoms with E-state index in [4.69, 9.17) is 25.4 Å². The van der Waals surface area contributed by atoms with Crippen molar-refractivity contribution >= 4 is 17.6 Å². The molecule has 0 unspecified atom stereocenters. The molecule has 2 rings (SSSR count). The van der Waals surface area contributed by atoms with Crippen molar-refractivity contribution in [3.63, 3.8) is 0 Å². The largest absolute Gasteiger partial charge is 0.494 e. The molecule has 0 fully saturated rings. The number of nitrogens with two attached hydrogens (primary N) is 1. The fourth-order valence-electron chi connectivity index (χ4n) is 4.39. The van der Waals surface area contributed by atoms with Crippen LogP contribution in [0.15, 0.2) is 42.5 Å². The number of rotatable bonds is 17. The Bertz CT molecular complexity index is 1090. The molecule has 0 spiro atoms. The Hall–Kier alpha value is -3.75. The zero-order valence-electron chi connectivity index (χ0n) is 24.9. The lowest BCUT2D eigenvalue weighted by Crippen LogP contribution is -2.42. The molecule has 0 radical (unpaired) electrons. The van der Waals surface area contributed by atoms with Gasteiger partial charge in [0.1, 0.15) is 23.1 Å². The smallest absolute Gasteiger partial charge is 0.260 e. The van der Waals surface area contributed by atoms with Gasteiger partial charge in [-0.1, -0.05) is 0 Å². The molecule has 9 heteroatoms. The second kappa shape index (κ2) is 16.4. The number of ether oxygens (including phenoxy) is 3. The Kier molecular flexibility index (Phi) is 13.3. The van der Waals surface area contributed by atoms with Crippen LogP contribution in [0.2, 0.25) is 0 Å². The highest BCUT2D eigenvalue weighted by Gasteiger charge is 2.25. The summed E-state index contributed by atoms with van der Waals surface area (Å²) in [7, 11) is 0. The summed E-state index contributed by atoms with van der Waals surface area (Å²) in [6, 6.07) is 12.4. The van der Waals surface area contributed by atoms with Gasteiger partial charge >= 0.3 is 0 Å². The van der Waals surface area contributed by atoms with Crippen LogP contribution in [-0.4, -0.2) is 72.4 Å². The first-order valence-corrected chi connectivity index (χ1v) is 14.2. The first-order valence-electron chi connectivity index (χ1n) is 14.2. The average Bonchev–Trinajstić information content (AvgIpc) is 2.91. The molecule has 2 aromatic rings. The van der Waals surface area contributed by atoms with Crippen LogP contribution in [-0.2, 0) is 4.79 Å². The van der Waals surface area contributed by atoms with Gasteiger partial charge in [-0.25, -0.2) is 0 Å². The number of amidine groups is 1. The lowest BCUT2D eigenvalue weighted by molar-refractivity contribution is -0.133. The third kappa shape index (κ3) is 9.77. The van der Waals surface area contributed by atoms with Gasteiger partial charge in [-0.05, 0) is 97.2 Å². The number of unbranched alkanes of at least 4 members (excludes halogenated alkanes) is 2. The van der Waals surface area contributed by atoms with Crippen molar-refractivity contribution in [3.8, 4) is 17.2 Å². The second-order valence-corrected chi connectivity index (χ2v) is 10.1. The minimum atomic E-state index is -0.147. The van der Waals surface area contributed by atoms with Crippen molar-refractivity contribution in [1.29, 1.82) is 5.41 Å². The summed E-state index contributed by atoms with van der Waals surface area (Å²) in [4.78, 5) is 29.5. The number of hydrogen-bond acceptors (Lipinski definition) is 6. The van der Waals surface area contributed by atoms with Crippen LogP contribution in [0, 0.1) is 5.41 Å². The summed E-state index contributed by atoms with van der Waals surface area (Å²) in [6.07, 6.45) is 2.62. The Morgan fingerprint density at radius 1 is 0.825 bits per heavy atom. The van der Waals surface area contributed by atoms with Crippen LogP contribution in [0.25, 0.3) is 0 Å². The summed E-state index contributed by atoms with van der Waals surface area (Å²) in [5, 5.41) is 7.44. The monoisotopic (exact) mass is 554 g/mol. The van der Waals surface area contributed by atoms with Gasteiger partial charge in [0.05, 0.1) is 18.8 Å². The Morgan fingerprint density at radius 2 is 1.38 bits per heavy atom. The second-order valence-electron chi connectivity index (χ2n) is 10.1. The SMILES string of the molecule is CCN(CC)C(=O)COc1cc(OCCCCCOc2ccc(C(=N)N)cc2)ccc1C(=O)N(C(C)C)C(C)C. The molecule has 0 aliphatic rings. The Labute approximate surface area is 239 Å². The van der Waals surface area contributed by atoms with Gasteiger partial charge in [0.15, 0.2) is 6.61 Å². The van der Waals surface area contributed by atoms with E-state index >= 15 is 0 Å². The third-order valence-electron chi connectivity index (χ3n) is 6.49. The fourth-order valence-corrected chi connectivity index (χ4v) is 4.39. The Balaban J connectivity index is 1.97. The number of nitrogens with zero attached hydrogens (tertiary/aromatic N) is 2.